The minimum absolute atomic E-state index is 0.0229. The Morgan fingerprint density at radius 3 is 2.75 bits per heavy atom. The third kappa shape index (κ3) is 7.78. The van der Waals surface area contributed by atoms with Crippen LogP contribution in [0, 0.1) is 0 Å². The van der Waals surface area contributed by atoms with Crippen LogP contribution < -0.4 is 10.6 Å². The number of benzene rings is 1. The predicted octanol–water partition coefficient (Wildman–Crippen LogP) is 3.34. The zero-order valence-electron chi connectivity index (χ0n) is 19.8. The molecule has 0 spiro atoms. The minimum atomic E-state index is -0.0229. The van der Waals surface area contributed by atoms with Crippen molar-refractivity contribution in [3.63, 3.8) is 0 Å². The van der Waals surface area contributed by atoms with Gasteiger partial charge in [-0.15, -0.1) is 0 Å². The van der Waals surface area contributed by atoms with Gasteiger partial charge in [-0.1, -0.05) is 19.1 Å². The third-order valence-corrected chi connectivity index (χ3v) is 6.00. The molecule has 178 valence electrons. The van der Waals surface area contributed by atoms with E-state index in [4.69, 9.17) is 14.5 Å². The van der Waals surface area contributed by atoms with Crippen molar-refractivity contribution in [2.24, 2.45) is 4.99 Å². The Hall–Kier alpha value is -2.12. The number of hydrogen-bond acceptors (Lipinski definition) is 4. The van der Waals surface area contributed by atoms with E-state index in [1.165, 1.54) is 12.8 Å². The van der Waals surface area contributed by atoms with Crippen LogP contribution in [0.4, 0.5) is 0 Å². The van der Waals surface area contributed by atoms with Gasteiger partial charge < -0.3 is 25.0 Å². The summed E-state index contributed by atoms with van der Waals surface area (Å²) in [4.78, 5) is 19.4. The summed E-state index contributed by atoms with van der Waals surface area (Å²) in [6, 6.07) is 7.74. The van der Waals surface area contributed by atoms with Crippen molar-refractivity contribution in [2.45, 2.75) is 71.1 Å². The summed E-state index contributed by atoms with van der Waals surface area (Å²) in [6.45, 7) is 9.67. The number of nitrogens with zero attached hydrogens (tertiary/aromatic N) is 2. The molecule has 0 bridgehead atoms. The zero-order valence-corrected chi connectivity index (χ0v) is 19.8. The highest BCUT2D eigenvalue weighted by Gasteiger charge is 2.23. The first-order valence-corrected chi connectivity index (χ1v) is 12.3. The Kier molecular flexibility index (Phi) is 10.3. The van der Waals surface area contributed by atoms with Crippen LogP contribution in [-0.4, -0.2) is 68.4 Å². The molecule has 7 heteroatoms. The highest BCUT2D eigenvalue weighted by molar-refractivity contribution is 5.94. The largest absolute Gasteiger partial charge is 0.376 e. The molecular weight excluding hydrogens is 404 g/mol. The molecular formula is C25H40N4O3. The second-order valence-corrected chi connectivity index (χ2v) is 8.63. The maximum atomic E-state index is 12.2. The zero-order chi connectivity index (χ0) is 22.6. The lowest BCUT2D eigenvalue weighted by Gasteiger charge is -2.35. The predicted molar refractivity (Wildman–Crippen MR) is 128 cm³/mol. The molecule has 2 saturated heterocycles. The smallest absolute Gasteiger partial charge is 0.251 e. The van der Waals surface area contributed by atoms with Gasteiger partial charge in [0.05, 0.1) is 25.4 Å². The second kappa shape index (κ2) is 13.4. The Balaban J connectivity index is 1.50. The quantitative estimate of drug-likeness (QED) is 0.451. The molecule has 7 nitrogen and oxygen atoms in total. The van der Waals surface area contributed by atoms with Crippen molar-refractivity contribution < 1.29 is 14.3 Å². The van der Waals surface area contributed by atoms with Gasteiger partial charge in [-0.05, 0) is 63.1 Å². The van der Waals surface area contributed by atoms with Crippen LogP contribution in [0.15, 0.2) is 29.3 Å². The summed E-state index contributed by atoms with van der Waals surface area (Å²) in [5, 5.41) is 6.36. The first-order valence-electron chi connectivity index (χ1n) is 12.3. The lowest BCUT2D eigenvalue weighted by atomic mass is 10.1. The first-order chi connectivity index (χ1) is 15.7. The molecule has 0 radical (unpaired) electrons. The fraction of sp³-hybridized carbons (Fsp3) is 0.680. The van der Waals surface area contributed by atoms with Gasteiger partial charge in [0.2, 0.25) is 0 Å². The van der Waals surface area contributed by atoms with Crippen molar-refractivity contribution in [1.29, 1.82) is 0 Å². The molecule has 1 aromatic rings. The van der Waals surface area contributed by atoms with Crippen LogP contribution in [0.2, 0.25) is 0 Å². The number of hydrogen-bond donors (Lipinski definition) is 2. The highest BCUT2D eigenvalue weighted by Crippen LogP contribution is 2.18. The number of nitrogens with one attached hydrogen (secondary N) is 2. The molecule has 1 aromatic carbocycles. The fourth-order valence-corrected chi connectivity index (χ4v) is 4.16. The van der Waals surface area contributed by atoms with Crippen LogP contribution in [0.5, 0.6) is 0 Å². The third-order valence-electron chi connectivity index (χ3n) is 6.00. The highest BCUT2D eigenvalue weighted by atomic mass is 16.5. The normalized spacial score (nSPS) is 20.2. The van der Waals surface area contributed by atoms with E-state index < -0.39 is 0 Å². The molecule has 1 atom stereocenters. The van der Waals surface area contributed by atoms with E-state index >= 15 is 0 Å². The number of piperidine rings is 1. The summed E-state index contributed by atoms with van der Waals surface area (Å²) in [6.07, 6.45) is 7.07. The Morgan fingerprint density at radius 2 is 2.03 bits per heavy atom. The Labute approximate surface area is 192 Å². The number of rotatable bonds is 9. The van der Waals surface area contributed by atoms with E-state index in [-0.39, 0.29) is 12.0 Å². The van der Waals surface area contributed by atoms with Crippen LogP contribution in [0.1, 0.15) is 68.3 Å². The summed E-state index contributed by atoms with van der Waals surface area (Å²) in [7, 11) is 0. The summed E-state index contributed by atoms with van der Waals surface area (Å²) < 4.78 is 11.9. The Morgan fingerprint density at radius 1 is 1.19 bits per heavy atom. The lowest BCUT2D eigenvalue weighted by molar-refractivity contribution is -0.0721. The van der Waals surface area contributed by atoms with E-state index in [2.05, 4.69) is 22.5 Å². The fourth-order valence-electron chi connectivity index (χ4n) is 4.16. The number of ether oxygens (including phenoxy) is 2. The van der Waals surface area contributed by atoms with Crippen molar-refractivity contribution >= 4 is 11.9 Å². The van der Waals surface area contributed by atoms with Crippen LogP contribution >= 0.6 is 0 Å². The van der Waals surface area contributed by atoms with Gasteiger partial charge in [-0.3, -0.25) is 4.79 Å². The molecule has 2 aliphatic heterocycles. The SMILES string of the molecule is CCCNC(=O)c1cccc(CN=C(NCC)N2CCC(OCC3CCCCO3)CC2)c1. The van der Waals surface area contributed by atoms with E-state index in [1.807, 2.05) is 31.2 Å². The number of carbonyl (C=O) groups excluding carboxylic acids is 1. The molecule has 0 aromatic heterocycles. The van der Waals surface area contributed by atoms with Gasteiger partial charge in [-0.2, -0.15) is 0 Å². The molecule has 0 aliphatic carbocycles. The van der Waals surface area contributed by atoms with Gasteiger partial charge in [0.15, 0.2) is 5.96 Å². The topological polar surface area (TPSA) is 75.2 Å². The van der Waals surface area contributed by atoms with E-state index in [1.54, 1.807) is 0 Å². The van der Waals surface area contributed by atoms with E-state index in [9.17, 15) is 4.79 Å². The molecule has 3 rings (SSSR count). The maximum absolute atomic E-state index is 12.2. The monoisotopic (exact) mass is 444 g/mol. The first kappa shape index (κ1) is 24.5. The summed E-state index contributed by atoms with van der Waals surface area (Å²) in [5.41, 5.74) is 1.73. The molecule has 1 unspecified atom stereocenters. The lowest BCUT2D eigenvalue weighted by Crippen LogP contribution is -2.47. The standard InChI is InChI=1S/C25H40N4O3/c1-3-13-27-24(30)21-9-7-8-20(17-21)18-28-25(26-4-2)29-14-11-22(12-15-29)32-19-23-10-5-6-16-31-23/h7-9,17,22-23H,3-6,10-16,18-19H2,1-2H3,(H,26,28)(H,27,30). The van der Waals surface area contributed by atoms with Crippen molar-refractivity contribution in [3.05, 3.63) is 35.4 Å². The van der Waals surface area contributed by atoms with E-state index in [0.717, 1.165) is 70.1 Å². The average molecular weight is 445 g/mol. The molecule has 0 saturated carbocycles. The van der Waals surface area contributed by atoms with Crippen molar-refractivity contribution in [3.8, 4) is 0 Å². The summed E-state index contributed by atoms with van der Waals surface area (Å²) >= 11 is 0. The number of likely N-dealkylation sites (tertiary alicyclic amines) is 1. The molecule has 2 aliphatic rings. The number of aliphatic imine (C=N–C) groups is 1. The molecule has 32 heavy (non-hydrogen) atoms. The van der Waals surface area contributed by atoms with Crippen LogP contribution in [0.3, 0.4) is 0 Å². The van der Waals surface area contributed by atoms with Crippen LogP contribution in [0.25, 0.3) is 0 Å². The molecule has 2 heterocycles. The Bertz CT molecular complexity index is 726. The summed E-state index contributed by atoms with van der Waals surface area (Å²) in [5.74, 6) is 0.910. The number of carbonyl (C=O) groups is 1. The van der Waals surface area contributed by atoms with Gasteiger partial charge in [-0.25, -0.2) is 4.99 Å². The number of amides is 1. The van der Waals surface area contributed by atoms with Crippen LogP contribution in [-0.2, 0) is 16.0 Å². The number of guanidine groups is 1. The molecule has 2 N–H and O–H groups in total. The van der Waals surface area contributed by atoms with Crippen molar-refractivity contribution in [2.75, 3.05) is 39.4 Å². The second-order valence-electron chi connectivity index (χ2n) is 8.63. The van der Waals surface area contributed by atoms with Crippen molar-refractivity contribution in [1.82, 2.24) is 15.5 Å². The average Bonchev–Trinajstić information content (AvgIpc) is 2.85. The van der Waals surface area contributed by atoms with Gasteiger partial charge in [0, 0.05) is 38.3 Å². The molecule has 1 amide bonds. The minimum Gasteiger partial charge on any atom is -0.376 e. The van der Waals surface area contributed by atoms with Gasteiger partial charge in [0.1, 0.15) is 0 Å². The van der Waals surface area contributed by atoms with E-state index in [0.29, 0.717) is 24.8 Å². The van der Waals surface area contributed by atoms with Gasteiger partial charge >= 0.3 is 0 Å². The van der Waals surface area contributed by atoms with Gasteiger partial charge in [0.25, 0.3) is 5.91 Å². The maximum Gasteiger partial charge on any atom is 0.251 e. The molecule has 2 fully saturated rings.